The maximum absolute atomic E-state index is 10.7. The molecule has 1 aliphatic rings. The zero-order valence-corrected chi connectivity index (χ0v) is 10.3. The fourth-order valence-corrected chi connectivity index (χ4v) is 2.23. The van der Waals surface area contributed by atoms with Gasteiger partial charge in [0, 0.05) is 18.7 Å². The Bertz CT molecular complexity index is 604. The van der Waals surface area contributed by atoms with E-state index in [1.807, 2.05) is 0 Å². The summed E-state index contributed by atoms with van der Waals surface area (Å²) in [6.45, 7) is 2.84. The third-order valence-electron chi connectivity index (χ3n) is 3.29. The number of hydrogen-bond acceptors (Lipinski definition) is 6. The molecule has 1 aliphatic heterocycles. The second kappa shape index (κ2) is 4.85. The number of fused-ring (bicyclic) bond motifs is 1. The van der Waals surface area contributed by atoms with Gasteiger partial charge in [0.25, 0.3) is 11.7 Å². The molecular weight excluding hydrogens is 248 g/mol. The van der Waals surface area contributed by atoms with Crippen molar-refractivity contribution in [3.05, 3.63) is 28.3 Å². The molecule has 1 unspecified atom stereocenters. The second-order valence-electron chi connectivity index (χ2n) is 4.67. The molecule has 2 heterocycles. The van der Waals surface area contributed by atoms with E-state index < -0.39 is 4.92 Å². The minimum absolute atomic E-state index is 0.0207. The van der Waals surface area contributed by atoms with Gasteiger partial charge in [0.05, 0.1) is 4.92 Å². The van der Waals surface area contributed by atoms with Crippen molar-refractivity contribution in [2.75, 3.05) is 25.0 Å². The van der Waals surface area contributed by atoms with Gasteiger partial charge in [-0.15, -0.1) is 0 Å². The minimum Gasteiger partial charge on any atom is -0.424 e. The Morgan fingerprint density at radius 1 is 1.58 bits per heavy atom. The van der Waals surface area contributed by atoms with Crippen LogP contribution in [0.5, 0.6) is 0 Å². The van der Waals surface area contributed by atoms with E-state index in [4.69, 9.17) is 4.42 Å². The summed E-state index contributed by atoms with van der Waals surface area (Å²) in [4.78, 5) is 14.5. The maximum atomic E-state index is 10.7. The van der Waals surface area contributed by atoms with E-state index in [0.717, 1.165) is 26.1 Å². The lowest BCUT2D eigenvalue weighted by Gasteiger charge is -2.07. The normalized spacial score (nSPS) is 18.8. The summed E-state index contributed by atoms with van der Waals surface area (Å²) in [5.41, 5.74) is 1.08. The van der Waals surface area contributed by atoms with Crippen molar-refractivity contribution in [3.63, 3.8) is 0 Å². The number of nitro groups is 1. The lowest BCUT2D eigenvalue weighted by molar-refractivity contribution is -0.384. The van der Waals surface area contributed by atoms with E-state index >= 15 is 0 Å². The minimum atomic E-state index is -0.439. The van der Waals surface area contributed by atoms with Gasteiger partial charge >= 0.3 is 0 Å². The highest BCUT2D eigenvalue weighted by molar-refractivity contribution is 5.77. The molecule has 100 valence electrons. The molecule has 0 spiro atoms. The van der Waals surface area contributed by atoms with E-state index in [0.29, 0.717) is 23.0 Å². The van der Waals surface area contributed by atoms with Gasteiger partial charge in [-0.25, -0.2) is 0 Å². The number of oxazole rings is 1. The van der Waals surface area contributed by atoms with Crippen LogP contribution in [0.25, 0.3) is 11.1 Å². The van der Waals surface area contributed by atoms with Gasteiger partial charge in [0.1, 0.15) is 5.52 Å². The molecule has 1 aromatic heterocycles. The fourth-order valence-electron chi connectivity index (χ4n) is 2.23. The Balaban J connectivity index is 1.75. The third kappa shape index (κ3) is 2.50. The van der Waals surface area contributed by atoms with Crippen molar-refractivity contribution in [2.45, 2.75) is 6.42 Å². The van der Waals surface area contributed by atoms with Crippen LogP contribution in [0.3, 0.4) is 0 Å². The maximum Gasteiger partial charge on any atom is 0.295 e. The van der Waals surface area contributed by atoms with Crippen LogP contribution in [0.1, 0.15) is 6.42 Å². The Kier molecular flexibility index (Phi) is 3.04. The van der Waals surface area contributed by atoms with E-state index in [1.54, 1.807) is 6.07 Å². The fraction of sp³-hybridized carbons (Fsp3) is 0.417. The van der Waals surface area contributed by atoms with E-state index in [9.17, 15) is 10.1 Å². The number of hydrogen-bond donors (Lipinski definition) is 2. The number of non-ortho nitro benzene ring substituents is 1. The molecule has 0 aliphatic carbocycles. The molecule has 0 radical (unpaired) electrons. The highest BCUT2D eigenvalue weighted by Crippen LogP contribution is 2.23. The van der Waals surface area contributed by atoms with Crippen molar-refractivity contribution in [1.82, 2.24) is 10.3 Å². The van der Waals surface area contributed by atoms with Crippen LogP contribution in [0.15, 0.2) is 22.6 Å². The first-order chi connectivity index (χ1) is 9.22. The lowest BCUT2D eigenvalue weighted by Crippen LogP contribution is -2.17. The van der Waals surface area contributed by atoms with Crippen molar-refractivity contribution < 1.29 is 9.34 Å². The van der Waals surface area contributed by atoms with Crippen molar-refractivity contribution in [2.24, 2.45) is 5.92 Å². The highest BCUT2D eigenvalue weighted by atomic mass is 16.6. The molecule has 1 aromatic carbocycles. The summed E-state index contributed by atoms with van der Waals surface area (Å²) >= 11 is 0. The first kappa shape index (κ1) is 11.9. The summed E-state index contributed by atoms with van der Waals surface area (Å²) in [6.07, 6.45) is 1.14. The van der Waals surface area contributed by atoms with Crippen molar-refractivity contribution in [3.8, 4) is 0 Å². The van der Waals surface area contributed by atoms with Crippen LogP contribution in [-0.4, -0.2) is 29.5 Å². The summed E-state index contributed by atoms with van der Waals surface area (Å²) in [7, 11) is 0. The van der Waals surface area contributed by atoms with Gasteiger partial charge in [-0.2, -0.15) is 4.98 Å². The molecule has 7 nitrogen and oxygen atoms in total. The van der Waals surface area contributed by atoms with Gasteiger partial charge in [-0.05, 0) is 31.5 Å². The molecule has 2 aromatic rings. The Hall–Kier alpha value is -2.15. The summed E-state index contributed by atoms with van der Waals surface area (Å²) < 4.78 is 5.50. The average molecular weight is 262 g/mol. The molecule has 1 fully saturated rings. The smallest absolute Gasteiger partial charge is 0.295 e. The topological polar surface area (TPSA) is 93.2 Å². The molecule has 7 heteroatoms. The van der Waals surface area contributed by atoms with Gasteiger partial charge < -0.3 is 15.1 Å². The van der Waals surface area contributed by atoms with E-state index in [-0.39, 0.29) is 5.69 Å². The van der Waals surface area contributed by atoms with Crippen LogP contribution < -0.4 is 10.6 Å². The molecule has 2 N–H and O–H groups in total. The van der Waals surface area contributed by atoms with E-state index in [1.165, 1.54) is 12.1 Å². The van der Waals surface area contributed by atoms with Gasteiger partial charge in [-0.1, -0.05) is 0 Å². The number of nitro benzene ring substituents is 1. The first-order valence-corrected chi connectivity index (χ1v) is 6.22. The Morgan fingerprint density at radius 3 is 3.21 bits per heavy atom. The lowest BCUT2D eigenvalue weighted by atomic mass is 10.1. The van der Waals surface area contributed by atoms with Gasteiger partial charge in [0.2, 0.25) is 0 Å². The Labute approximate surface area is 109 Å². The van der Waals surface area contributed by atoms with Crippen molar-refractivity contribution in [1.29, 1.82) is 0 Å². The summed E-state index contributed by atoms with van der Waals surface area (Å²) in [6, 6.07) is 4.82. The van der Waals surface area contributed by atoms with Gasteiger partial charge in [0.15, 0.2) is 5.58 Å². The molecule has 19 heavy (non-hydrogen) atoms. The number of rotatable bonds is 4. The third-order valence-corrected chi connectivity index (χ3v) is 3.29. The number of benzene rings is 1. The average Bonchev–Trinajstić information content (AvgIpc) is 3.04. The van der Waals surface area contributed by atoms with Crippen LogP contribution in [0.2, 0.25) is 0 Å². The van der Waals surface area contributed by atoms with Crippen LogP contribution >= 0.6 is 0 Å². The van der Waals surface area contributed by atoms with Gasteiger partial charge in [-0.3, -0.25) is 10.1 Å². The van der Waals surface area contributed by atoms with Crippen LogP contribution in [-0.2, 0) is 0 Å². The standard InChI is InChI=1S/C12H14N4O3/c17-16(18)9-1-2-11-10(5-9)15-12(19-11)14-7-8-3-4-13-6-8/h1-2,5,8,13H,3-4,6-7H2,(H,14,15). The zero-order valence-electron chi connectivity index (χ0n) is 10.3. The highest BCUT2D eigenvalue weighted by Gasteiger charge is 2.16. The Morgan fingerprint density at radius 2 is 2.47 bits per heavy atom. The molecular formula is C12H14N4O3. The molecule has 0 amide bonds. The number of nitrogens with zero attached hydrogens (tertiary/aromatic N) is 2. The quantitative estimate of drug-likeness (QED) is 0.644. The molecule has 1 atom stereocenters. The molecule has 1 saturated heterocycles. The second-order valence-corrected chi connectivity index (χ2v) is 4.67. The van der Waals surface area contributed by atoms with Crippen LogP contribution in [0.4, 0.5) is 11.7 Å². The number of aromatic nitrogens is 1. The van der Waals surface area contributed by atoms with E-state index in [2.05, 4.69) is 15.6 Å². The summed E-state index contributed by atoms with van der Waals surface area (Å²) in [5, 5.41) is 17.1. The monoisotopic (exact) mass is 262 g/mol. The molecule has 0 bridgehead atoms. The first-order valence-electron chi connectivity index (χ1n) is 6.22. The molecule has 0 saturated carbocycles. The largest absolute Gasteiger partial charge is 0.424 e. The summed E-state index contributed by atoms with van der Waals surface area (Å²) in [5.74, 6) is 0.573. The number of anilines is 1. The predicted molar refractivity (Wildman–Crippen MR) is 70.1 cm³/mol. The van der Waals surface area contributed by atoms with Crippen LogP contribution in [0, 0.1) is 16.0 Å². The predicted octanol–water partition coefficient (Wildman–Crippen LogP) is 1.76. The molecule has 3 rings (SSSR count). The zero-order chi connectivity index (χ0) is 13.2. The SMILES string of the molecule is O=[N+]([O-])c1ccc2oc(NCC3CCNC3)nc2c1. The number of nitrogens with one attached hydrogen (secondary N) is 2. The van der Waals surface area contributed by atoms with Crippen molar-refractivity contribution >= 4 is 22.8 Å².